The standard InChI is InChI=1S/C14H15NO2/c1-10-4-2-5-11(8-10)14(16)13(15)9-12-6-3-7-17-12/h2-8,13H,9,15H2,1H3. The Morgan fingerprint density at radius 2 is 2.18 bits per heavy atom. The summed E-state index contributed by atoms with van der Waals surface area (Å²) in [5.41, 5.74) is 7.59. The molecule has 3 heteroatoms. The predicted molar refractivity (Wildman–Crippen MR) is 65.9 cm³/mol. The van der Waals surface area contributed by atoms with Crippen LogP contribution in [-0.2, 0) is 6.42 Å². The average Bonchev–Trinajstić information content (AvgIpc) is 2.80. The number of nitrogens with two attached hydrogens (primary N) is 1. The van der Waals surface area contributed by atoms with Gasteiger partial charge in [-0.05, 0) is 25.1 Å². The van der Waals surface area contributed by atoms with E-state index in [0.29, 0.717) is 12.0 Å². The number of Topliss-reactive ketones (excluding diaryl/α,β-unsaturated/α-hetero) is 1. The topological polar surface area (TPSA) is 56.2 Å². The molecule has 88 valence electrons. The van der Waals surface area contributed by atoms with E-state index in [-0.39, 0.29) is 5.78 Å². The lowest BCUT2D eigenvalue weighted by molar-refractivity contribution is 0.0958. The molecule has 1 atom stereocenters. The van der Waals surface area contributed by atoms with Crippen molar-refractivity contribution in [3.05, 3.63) is 59.5 Å². The van der Waals surface area contributed by atoms with Gasteiger partial charge in [-0.2, -0.15) is 0 Å². The summed E-state index contributed by atoms with van der Waals surface area (Å²) in [4.78, 5) is 12.1. The van der Waals surface area contributed by atoms with E-state index in [1.165, 1.54) is 0 Å². The van der Waals surface area contributed by atoms with Gasteiger partial charge in [-0.3, -0.25) is 4.79 Å². The van der Waals surface area contributed by atoms with Crippen molar-refractivity contribution in [3.8, 4) is 0 Å². The lowest BCUT2D eigenvalue weighted by Gasteiger charge is -2.09. The zero-order valence-corrected chi connectivity index (χ0v) is 9.72. The molecule has 0 bridgehead atoms. The highest BCUT2D eigenvalue weighted by Crippen LogP contribution is 2.10. The molecule has 0 spiro atoms. The minimum Gasteiger partial charge on any atom is -0.469 e. The number of rotatable bonds is 4. The molecule has 1 heterocycles. The van der Waals surface area contributed by atoms with E-state index in [1.807, 2.05) is 31.2 Å². The molecule has 0 saturated carbocycles. The van der Waals surface area contributed by atoms with E-state index < -0.39 is 6.04 Å². The smallest absolute Gasteiger partial charge is 0.179 e. The first kappa shape index (κ1) is 11.6. The maximum atomic E-state index is 12.1. The highest BCUT2D eigenvalue weighted by molar-refractivity contribution is 6.00. The van der Waals surface area contributed by atoms with Gasteiger partial charge in [0.25, 0.3) is 0 Å². The number of carbonyl (C=O) groups excluding carboxylic acids is 1. The molecular weight excluding hydrogens is 214 g/mol. The highest BCUT2D eigenvalue weighted by atomic mass is 16.3. The Bertz CT molecular complexity index is 503. The van der Waals surface area contributed by atoms with Gasteiger partial charge >= 0.3 is 0 Å². The van der Waals surface area contributed by atoms with E-state index in [0.717, 1.165) is 11.3 Å². The van der Waals surface area contributed by atoms with Crippen LogP contribution in [-0.4, -0.2) is 11.8 Å². The Balaban J connectivity index is 2.09. The second-order valence-corrected chi connectivity index (χ2v) is 4.12. The molecule has 0 aliphatic heterocycles. The number of ketones is 1. The van der Waals surface area contributed by atoms with E-state index >= 15 is 0 Å². The molecule has 3 nitrogen and oxygen atoms in total. The summed E-state index contributed by atoms with van der Waals surface area (Å²) in [6.45, 7) is 1.95. The van der Waals surface area contributed by atoms with Crippen molar-refractivity contribution in [1.82, 2.24) is 0 Å². The van der Waals surface area contributed by atoms with Crippen LogP contribution in [0.15, 0.2) is 47.1 Å². The first-order valence-electron chi connectivity index (χ1n) is 5.55. The molecule has 0 amide bonds. The largest absolute Gasteiger partial charge is 0.469 e. The Morgan fingerprint density at radius 3 is 2.82 bits per heavy atom. The van der Waals surface area contributed by atoms with Crippen LogP contribution in [0.2, 0.25) is 0 Å². The van der Waals surface area contributed by atoms with Crippen LogP contribution < -0.4 is 5.73 Å². The van der Waals surface area contributed by atoms with Gasteiger partial charge in [-0.25, -0.2) is 0 Å². The van der Waals surface area contributed by atoms with Gasteiger partial charge < -0.3 is 10.2 Å². The molecule has 0 aliphatic carbocycles. The molecule has 1 aromatic heterocycles. The van der Waals surface area contributed by atoms with Crippen molar-refractivity contribution in [2.45, 2.75) is 19.4 Å². The van der Waals surface area contributed by atoms with Crippen LogP contribution in [0, 0.1) is 6.92 Å². The SMILES string of the molecule is Cc1cccc(C(=O)C(N)Cc2ccco2)c1. The number of hydrogen-bond donors (Lipinski definition) is 1. The fraction of sp³-hybridized carbons (Fsp3) is 0.214. The number of aryl methyl sites for hydroxylation is 1. The van der Waals surface area contributed by atoms with Crippen LogP contribution in [0.5, 0.6) is 0 Å². The Labute approximate surface area is 100 Å². The van der Waals surface area contributed by atoms with Crippen LogP contribution >= 0.6 is 0 Å². The highest BCUT2D eigenvalue weighted by Gasteiger charge is 2.17. The molecule has 0 saturated heterocycles. The number of carbonyl (C=O) groups is 1. The van der Waals surface area contributed by atoms with E-state index in [1.54, 1.807) is 18.4 Å². The van der Waals surface area contributed by atoms with Gasteiger partial charge in [0.2, 0.25) is 0 Å². The number of furan rings is 1. The lowest BCUT2D eigenvalue weighted by Crippen LogP contribution is -2.32. The molecule has 0 fully saturated rings. The third kappa shape index (κ3) is 2.82. The molecular formula is C14H15NO2. The third-order valence-electron chi connectivity index (χ3n) is 2.64. The van der Waals surface area contributed by atoms with E-state index in [9.17, 15) is 4.79 Å². The van der Waals surface area contributed by atoms with Crippen molar-refractivity contribution in [1.29, 1.82) is 0 Å². The molecule has 2 aromatic rings. The maximum Gasteiger partial charge on any atom is 0.179 e. The number of benzene rings is 1. The number of hydrogen-bond acceptors (Lipinski definition) is 3. The van der Waals surface area contributed by atoms with Crippen LogP contribution in [0.1, 0.15) is 21.7 Å². The van der Waals surface area contributed by atoms with E-state index in [2.05, 4.69) is 0 Å². The van der Waals surface area contributed by atoms with Crippen molar-refractivity contribution < 1.29 is 9.21 Å². The summed E-state index contributed by atoms with van der Waals surface area (Å²) in [5.74, 6) is 0.684. The van der Waals surface area contributed by atoms with Crippen LogP contribution in [0.4, 0.5) is 0 Å². The molecule has 17 heavy (non-hydrogen) atoms. The van der Waals surface area contributed by atoms with Gasteiger partial charge in [0.05, 0.1) is 12.3 Å². The van der Waals surface area contributed by atoms with Crippen molar-refractivity contribution in [2.75, 3.05) is 0 Å². The Hall–Kier alpha value is -1.87. The molecule has 1 aromatic carbocycles. The summed E-state index contributed by atoms with van der Waals surface area (Å²) >= 11 is 0. The first-order valence-corrected chi connectivity index (χ1v) is 5.55. The zero-order valence-electron chi connectivity index (χ0n) is 9.72. The molecule has 2 rings (SSSR count). The third-order valence-corrected chi connectivity index (χ3v) is 2.64. The fourth-order valence-electron chi connectivity index (χ4n) is 1.75. The summed E-state index contributed by atoms with van der Waals surface area (Å²) in [6, 6.07) is 10.5. The molecule has 2 N–H and O–H groups in total. The van der Waals surface area contributed by atoms with Crippen LogP contribution in [0.3, 0.4) is 0 Å². The maximum absolute atomic E-state index is 12.1. The van der Waals surface area contributed by atoms with Crippen LogP contribution in [0.25, 0.3) is 0 Å². The Kier molecular flexibility index (Phi) is 3.40. The lowest BCUT2D eigenvalue weighted by atomic mass is 10.00. The summed E-state index contributed by atoms with van der Waals surface area (Å²) in [5, 5.41) is 0. The Morgan fingerprint density at radius 1 is 1.35 bits per heavy atom. The van der Waals surface area contributed by atoms with Gasteiger partial charge in [-0.15, -0.1) is 0 Å². The molecule has 0 aliphatic rings. The summed E-state index contributed by atoms with van der Waals surface area (Å²) < 4.78 is 5.18. The fourth-order valence-corrected chi connectivity index (χ4v) is 1.75. The van der Waals surface area contributed by atoms with Gasteiger partial charge in [0.1, 0.15) is 5.76 Å². The first-order chi connectivity index (χ1) is 8.16. The minimum absolute atomic E-state index is 0.0508. The monoisotopic (exact) mass is 229 g/mol. The van der Waals surface area contributed by atoms with Crippen molar-refractivity contribution >= 4 is 5.78 Å². The quantitative estimate of drug-likeness (QED) is 0.819. The van der Waals surface area contributed by atoms with Gasteiger partial charge in [-0.1, -0.05) is 23.8 Å². The average molecular weight is 229 g/mol. The molecule has 1 unspecified atom stereocenters. The summed E-state index contributed by atoms with van der Waals surface area (Å²) in [6.07, 6.45) is 2.01. The van der Waals surface area contributed by atoms with Crippen molar-refractivity contribution in [3.63, 3.8) is 0 Å². The molecule has 0 radical (unpaired) electrons. The minimum atomic E-state index is -0.553. The second-order valence-electron chi connectivity index (χ2n) is 4.12. The van der Waals surface area contributed by atoms with Gasteiger partial charge in [0, 0.05) is 12.0 Å². The summed E-state index contributed by atoms with van der Waals surface area (Å²) in [7, 11) is 0. The predicted octanol–water partition coefficient (Wildman–Crippen LogP) is 2.34. The van der Waals surface area contributed by atoms with Crippen molar-refractivity contribution in [2.24, 2.45) is 5.73 Å². The second kappa shape index (κ2) is 4.97. The van der Waals surface area contributed by atoms with E-state index in [4.69, 9.17) is 10.2 Å². The normalized spacial score (nSPS) is 12.4. The van der Waals surface area contributed by atoms with Gasteiger partial charge in [0.15, 0.2) is 5.78 Å². The zero-order chi connectivity index (χ0) is 12.3.